The molecular weight excluding hydrogens is 257 g/mol. The van der Waals surface area contributed by atoms with Crippen LogP contribution in [0.15, 0.2) is 18.2 Å². The van der Waals surface area contributed by atoms with E-state index in [2.05, 4.69) is 5.32 Å². The third kappa shape index (κ3) is 2.58. The van der Waals surface area contributed by atoms with Gasteiger partial charge in [-0.2, -0.15) is 0 Å². The summed E-state index contributed by atoms with van der Waals surface area (Å²) < 4.78 is 18.7. The third-order valence-electron chi connectivity index (χ3n) is 3.17. The number of rotatable bonds is 3. The molecule has 2 rings (SSSR count). The van der Waals surface area contributed by atoms with Crippen molar-refractivity contribution in [2.24, 2.45) is 0 Å². The molecule has 1 aliphatic rings. The van der Waals surface area contributed by atoms with E-state index < -0.39 is 11.7 Å². The molecule has 1 fully saturated rings. The van der Waals surface area contributed by atoms with E-state index in [0.29, 0.717) is 0 Å². The minimum Gasteiger partial charge on any atom is -0.496 e. The van der Waals surface area contributed by atoms with Gasteiger partial charge in [-0.15, -0.1) is 11.6 Å². The Kier molecular flexibility index (Phi) is 4.07. The van der Waals surface area contributed by atoms with Crippen LogP contribution in [0.3, 0.4) is 0 Å². The number of nitrogens with one attached hydrogen (secondary N) is 1. The van der Waals surface area contributed by atoms with Crippen molar-refractivity contribution in [3.63, 3.8) is 0 Å². The van der Waals surface area contributed by atoms with Crippen molar-refractivity contribution in [3.05, 3.63) is 29.6 Å². The summed E-state index contributed by atoms with van der Waals surface area (Å²) in [5, 5.41) is 2.69. The molecule has 1 N–H and O–H groups in total. The summed E-state index contributed by atoms with van der Waals surface area (Å²) in [5.41, 5.74) is -0.0595. The van der Waals surface area contributed by atoms with Gasteiger partial charge in [0.15, 0.2) is 0 Å². The van der Waals surface area contributed by atoms with Crippen LogP contribution in [0.4, 0.5) is 4.39 Å². The molecule has 0 aliphatic heterocycles. The van der Waals surface area contributed by atoms with Gasteiger partial charge in [0.2, 0.25) is 0 Å². The number of methoxy groups -OCH3 is 1. The Morgan fingerprint density at radius 1 is 1.50 bits per heavy atom. The summed E-state index contributed by atoms with van der Waals surface area (Å²) in [6.45, 7) is 0. The number of benzene rings is 1. The standard InChI is InChI=1S/C13H15ClFNO2/c1-18-11-7-3-5-9(15)12(11)13(17)16-10-6-2-4-8(10)14/h3,5,7-8,10H,2,4,6H2,1H3,(H,16,17). The van der Waals surface area contributed by atoms with Gasteiger partial charge in [-0.3, -0.25) is 4.79 Å². The highest BCUT2D eigenvalue weighted by atomic mass is 35.5. The van der Waals surface area contributed by atoms with Gasteiger partial charge in [0, 0.05) is 6.04 Å². The van der Waals surface area contributed by atoms with Gasteiger partial charge in [-0.05, 0) is 31.4 Å². The van der Waals surface area contributed by atoms with Crippen LogP contribution in [0.25, 0.3) is 0 Å². The largest absolute Gasteiger partial charge is 0.496 e. The lowest BCUT2D eigenvalue weighted by atomic mass is 10.1. The Morgan fingerprint density at radius 2 is 2.28 bits per heavy atom. The number of hydrogen-bond donors (Lipinski definition) is 1. The van der Waals surface area contributed by atoms with E-state index >= 15 is 0 Å². The summed E-state index contributed by atoms with van der Waals surface area (Å²) in [4.78, 5) is 12.1. The molecule has 0 heterocycles. The SMILES string of the molecule is COc1cccc(F)c1C(=O)NC1CCCC1Cl. The molecule has 0 spiro atoms. The molecule has 5 heteroatoms. The smallest absolute Gasteiger partial charge is 0.258 e. The van der Waals surface area contributed by atoms with Crippen LogP contribution in [0.5, 0.6) is 5.75 Å². The van der Waals surface area contributed by atoms with Crippen molar-refractivity contribution in [2.75, 3.05) is 7.11 Å². The monoisotopic (exact) mass is 271 g/mol. The third-order valence-corrected chi connectivity index (χ3v) is 3.69. The quantitative estimate of drug-likeness (QED) is 0.859. The van der Waals surface area contributed by atoms with Gasteiger partial charge in [0.25, 0.3) is 5.91 Å². The van der Waals surface area contributed by atoms with Crippen LogP contribution in [-0.2, 0) is 0 Å². The van der Waals surface area contributed by atoms with E-state index in [4.69, 9.17) is 16.3 Å². The molecule has 0 bridgehead atoms. The molecule has 2 atom stereocenters. The van der Waals surface area contributed by atoms with E-state index in [1.165, 1.54) is 19.2 Å². The van der Waals surface area contributed by atoms with Crippen LogP contribution in [0, 0.1) is 5.82 Å². The summed E-state index contributed by atoms with van der Waals surface area (Å²) in [5.74, 6) is -0.824. The van der Waals surface area contributed by atoms with Crippen molar-refractivity contribution in [1.82, 2.24) is 5.32 Å². The van der Waals surface area contributed by atoms with Crippen molar-refractivity contribution >= 4 is 17.5 Å². The molecule has 0 saturated heterocycles. The summed E-state index contributed by atoms with van der Waals surface area (Å²) in [6.07, 6.45) is 2.69. The molecule has 18 heavy (non-hydrogen) atoms. The summed E-state index contributed by atoms with van der Waals surface area (Å²) >= 11 is 6.08. The molecule has 98 valence electrons. The number of carbonyl (C=O) groups excluding carboxylic acids is 1. The topological polar surface area (TPSA) is 38.3 Å². The highest BCUT2D eigenvalue weighted by molar-refractivity contribution is 6.21. The fourth-order valence-corrected chi connectivity index (χ4v) is 2.56. The molecule has 1 aliphatic carbocycles. The van der Waals surface area contributed by atoms with E-state index in [1.54, 1.807) is 6.07 Å². The lowest BCUT2D eigenvalue weighted by Crippen LogP contribution is -2.38. The predicted octanol–water partition coefficient (Wildman–Crippen LogP) is 2.72. The Morgan fingerprint density at radius 3 is 2.89 bits per heavy atom. The first-order chi connectivity index (χ1) is 8.63. The van der Waals surface area contributed by atoms with Gasteiger partial charge in [-0.1, -0.05) is 6.07 Å². The first kappa shape index (κ1) is 13.1. The number of amides is 1. The second-order valence-electron chi connectivity index (χ2n) is 4.34. The van der Waals surface area contributed by atoms with Gasteiger partial charge in [-0.25, -0.2) is 4.39 Å². The molecule has 0 radical (unpaired) electrons. The molecule has 1 aromatic carbocycles. The zero-order valence-electron chi connectivity index (χ0n) is 10.1. The highest BCUT2D eigenvalue weighted by Crippen LogP contribution is 2.26. The first-order valence-electron chi connectivity index (χ1n) is 5.91. The fourth-order valence-electron chi connectivity index (χ4n) is 2.21. The lowest BCUT2D eigenvalue weighted by Gasteiger charge is -2.17. The number of alkyl halides is 1. The molecule has 0 aromatic heterocycles. The maximum absolute atomic E-state index is 13.7. The van der Waals surface area contributed by atoms with Gasteiger partial charge in [0.1, 0.15) is 17.1 Å². The average Bonchev–Trinajstić information content (AvgIpc) is 2.74. The van der Waals surface area contributed by atoms with Crippen LogP contribution in [-0.4, -0.2) is 24.4 Å². The molecule has 3 nitrogen and oxygen atoms in total. The van der Waals surface area contributed by atoms with Gasteiger partial charge in [0.05, 0.1) is 12.5 Å². The van der Waals surface area contributed by atoms with Crippen LogP contribution in [0.1, 0.15) is 29.6 Å². The number of halogens is 2. The van der Waals surface area contributed by atoms with E-state index in [9.17, 15) is 9.18 Å². The minimum absolute atomic E-state index is 0.0595. The van der Waals surface area contributed by atoms with Crippen molar-refractivity contribution < 1.29 is 13.9 Å². The number of hydrogen-bond acceptors (Lipinski definition) is 2. The molecule has 1 amide bonds. The van der Waals surface area contributed by atoms with Crippen LogP contribution in [0.2, 0.25) is 0 Å². The predicted molar refractivity (Wildman–Crippen MR) is 67.7 cm³/mol. The molecule has 1 saturated carbocycles. The summed E-state index contributed by atoms with van der Waals surface area (Å²) in [6, 6.07) is 4.21. The Hall–Kier alpha value is -1.29. The van der Waals surface area contributed by atoms with Crippen molar-refractivity contribution in [2.45, 2.75) is 30.7 Å². The fraction of sp³-hybridized carbons (Fsp3) is 0.462. The van der Waals surface area contributed by atoms with Gasteiger partial charge >= 0.3 is 0 Å². The van der Waals surface area contributed by atoms with Crippen LogP contribution < -0.4 is 10.1 Å². The van der Waals surface area contributed by atoms with E-state index in [-0.39, 0.29) is 22.7 Å². The maximum atomic E-state index is 13.7. The second kappa shape index (κ2) is 5.57. The highest BCUT2D eigenvalue weighted by Gasteiger charge is 2.28. The lowest BCUT2D eigenvalue weighted by molar-refractivity contribution is 0.0931. The number of carbonyl (C=O) groups is 1. The Labute approximate surface area is 110 Å². The van der Waals surface area contributed by atoms with Crippen LogP contribution >= 0.6 is 11.6 Å². The zero-order chi connectivity index (χ0) is 13.1. The first-order valence-corrected chi connectivity index (χ1v) is 6.34. The van der Waals surface area contributed by atoms with E-state index in [1.807, 2.05) is 0 Å². The average molecular weight is 272 g/mol. The molecule has 1 aromatic rings. The summed E-state index contributed by atoms with van der Waals surface area (Å²) in [7, 11) is 1.41. The minimum atomic E-state index is -0.587. The second-order valence-corrected chi connectivity index (χ2v) is 4.90. The number of ether oxygens (including phenoxy) is 1. The van der Waals surface area contributed by atoms with E-state index in [0.717, 1.165) is 19.3 Å². The van der Waals surface area contributed by atoms with Gasteiger partial charge < -0.3 is 10.1 Å². The zero-order valence-corrected chi connectivity index (χ0v) is 10.8. The maximum Gasteiger partial charge on any atom is 0.258 e. The Balaban J connectivity index is 2.18. The Bertz CT molecular complexity index is 453. The normalized spacial score (nSPS) is 22.8. The molecule has 2 unspecified atom stereocenters. The molecular formula is C13H15ClFNO2. The van der Waals surface area contributed by atoms with Crippen molar-refractivity contribution in [3.8, 4) is 5.75 Å². The van der Waals surface area contributed by atoms with Crippen molar-refractivity contribution in [1.29, 1.82) is 0 Å².